The molecule has 0 saturated carbocycles. The summed E-state index contributed by atoms with van der Waals surface area (Å²) < 4.78 is 0. The van der Waals surface area contributed by atoms with Crippen molar-refractivity contribution in [2.24, 2.45) is 5.73 Å². The molecule has 1 atom stereocenters. The van der Waals surface area contributed by atoms with Crippen LogP contribution in [0.5, 0.6) is 5.75 Å². The molecule has 1 aliphatic carbocycles. The number of rotatable bonds is 3. The molecule has 1 aromatic rings. The lowest BCUT2D eigenvalue weighted by molar-refractivity contribution is 0.459. The predicted octanol–water partition coefficient (Wildman–Crippen LogP) is 3.77. The van der Waals surface area contributed by atoms with Crippen molar-refractivity contribution < 1.29 is 5.11 Å². The minimum Gasteiger partial charge on any atom is -0.506 e. The summed E-state index contributed by atoms with van der Waals surface area (Å²) in [5, 5.41) is 10.8. The summed E-state index contributed by atoms with van der Waals surface area (Å²) in [5.74, 6) is 0.554. The van der Waals surface area contributed by atoms with E-state index in [2.05, 4.69) is 6.92 Å². The molecule has 3 heteroatoms. The second kappa shape index (κ2) is 5.94. The quantitative estimate of drug-likeness (QED) is 0.819. The molecule has 0 saturated heterocycles. The van der Waals surface area contributed by atoms with Crippen molar-refractivity contribution in [3.05, 3.63) is 27.8 Å². The average Bonchev–Trinajstić information content (AvgIpc) is 2.56. The fourth-order valence-electron chi connectivity index (χ4n) is 2.99. The van der Waals surface area contributed by atoms with Crippen LogP contribution in [0.15, 0.2) is 6.07 Å². The summed E-state index contributed by atoms with van der Waals surface area (Å²) in [6, 6.07) is 1.95. The highest BCUT2D eigenvalue weighted by Gasteiger charge is 2.21. The second-order valence-corrected chi connectivity index (χ2v) is 5.70. The van der Waals surface area contributed by atoms with Gasteiger partial charge in [-0.05, 0) is 61.8 Å². The summed E-state index contributed by atoms with van der Waals surface area (Å²) in [4.78, 5) is 0. The molecular formula is C15H22ClNO. The van der Waals surface area contributed by atoms with E-state index >= 15 is 0 Å². The number of hydrogen-bond acceptors (Lipinski definition) is 2. The van der Waals surface area contributed by atoms with Gasteiger partial charge in [0.05, 0.1) is 5.02 Å². The molecule has 2 nitrogen and oxygen atoms in total. The maximum absolute atomic E-state index is 10.3. The fraction of sp³-hybridized carbons (Fsp3) is 0.600. The van der Waals surface area contributed by atoms with E-state index in [9.17, 15) is 5.11 Å². The van der Waals surface area contributed by atoms with Crippen LogP contribution < -0.4 is 5.73 Å². The van der Waals surface area contributed by atoms with Gasteiger partial charge < -0.3 is 10.8 Å². The monoisotopic (exact) mass is 267 g/mol. The van der Waals surface area contributed by atoms with Crippen LogP contribution in [-0.2, 0) is 12.8 Å². The van der Waals surface area contributed by atoms with E-state index in [1.165, 1.54) is 30.4 Å². The third-order valence-corrected chi connectivity index (χ3v) is 4.25. The molecule has 0 fully saturated rings. The number of hydrogen-bond donors (Lipinski definition) is 2. The van der Waals surface area contributed by atoms with Crippen LogP contribution in [0.25, 0.3) is 0 Å². The van der Waals surface area contributed by atoms with Crippen molar-refractivity contribution in [3.63, 3.8) is 0 Å². The van der Waals surface area contributed by atoms with E-state index in [0.717, 1.165) is 24.8 Å². The van der Waals surface area contributed by atoms with E-state index in [1.54, 1.807) is 0 Å². The minimum absolute atomic E-state index is 0.276. The Hall–Kier alpha value is -0.730. The Morgan fingerprint density at radius 3 is 2.78 bits per heavy atom. The van der Waals surface area contributed by atoms with Crippen molar-refractivity contribution in [1.29, 1.82) is 0 Å². The SMILES string of the molecule is CC(CCN)c1c(O)c(Cl)cc2c1CCCCC2. The zero-order chi connectivity index (χ0) is 13.1. The Kier molecular flexibility index (Phi) is 4.52. The topological polar surface area (TPSA) is 46.2 Å². The first-order valence-electron chi connectivity index (χ1n) is 6.88. The van der Waals surface area contributed by atoms with Crippen molar-refractivity contribution in [1.82, 2.24) is 0 Å². The van der Waals surface area contributed by atoms with Crippen molar-refractivity contribution >= 4 is 11.6 Å². The summed E-state index contributed by atoms with van der Waals surface area (Å²) in [6.45, 7) is 2.77. The second-order valence-electron chi connectivity index (χ2n) is 5.30. The molecule has 3 N–H and O–H groups in total. The molecule has 2 rings (SSSR count). The van der Waals surface area contributed by atoms with Crippen LogP contribution in [0.1, 0.15) is 55.2 Å². The number of aromatic hydroxyl groups is 1. The standard InChI is InChI=1S/C15H22ClNO/c1-10(7-8-17)14-12-6-4-2-3-5-11(12)9-13(16)15(14)18/h9-10,18H,2-8,17H2,1H3. The fourth-order valence-corrected chi connectivity index (χ4v) is 3.22. The number of aryl methyl sites for hydroxylation is 1. The molecular weight excluding hydrogens is 246 g/mol. The molecule has 1 aliphatic rings. The third kappa shape index (κ3) is 2.65. The first kappa shape index (κ1) is 13.7. The third-order valence-electron chi connectivity index (χ3n) is 3.96. The zero-order valence-electron chi connectivity index (χ0n) is 11.0. The van der Waals surface area contributed by atoms with Crippen molar-refractivity contribution in [2.75, 3.05) is 6.54 Å². The van der Waals surface area contributed by atoms with Crippen molar-refractivity contribution in [3.8, 4) is 5.75 Å². The maximum atomic E-state index is 10.3. The van der Waals surface area contributed by atoms with Crippen LogP contribution in [0.2, 0.25) is 5.02 Å². The summed E-state index contributed by atoms with van der Waals surface area (Å²) in [6.07, 6.45) is 6.72. The molecule has 0 heterocycles. The van der Waals surface area contributed by atoms with E-state index in [0.29, 0.717) is 11.6 Å². The number of benzene rings is 1. The molecule has 0 spiro atoms. The van der Waals surface area contributed by atoms with Crippen LogP contribution in [-0.4, -0.2) is 11.7 Å². The first-order valence-corrected chi connectivity index (χ1v) is 7.26. The Morgan fingerprint density at radius 1 is 1.33 bits per heavy atom. The molecule has 1 aromatic carbocycles. The van der Waals surface area contributed by atoms with Gasteiger partial charge in [0.25, 0.3) is 0 Å². The van der Waals surface area contributed by atoms with E-state index in [4.69, 9.17) is 17.3 Å². The lowest BCUT2D eigenvalue weighted by atomic mass is 9.87. The van der Waals surface area contributed by atoms with Crippen molar-refractivity contribution in [2.45, 2.75) is 51.4 Å². The summed E-state index contributed by atoms with van der Waals surface area (Å²) in [5.41, 5.74) is 9.35. The van der Waals surface area contributed by atoms with Gasteiger partial charge in [-0.15, -0.1) is 0 Å². The van der Waals surface area contributed by atoms with Crippen LogP contribution in [0, 0.1) is 0 Å². The minimum atomic E-state index is 0.276. The van der Waals surface area contributed by atoms with Gasteiger partial charge >= 0.3 is 0 Å². The Morgan fingerprint density at radius 2 is 2.06 bits per heavy atom. The highest BCUT2D eigenvalue weighted by molar-refractivity contribution is 6.32. The first-order chi connectivity index (χ1) is 8.65. The van der Waals surface area contributed by atoms with Crippen LogP contribution >= 0.6 is 11.6 Å². The number of halogens is 1. The van der Waals surface area contributed by atoms with Gasteiger partial charge in [0.1, 0.15) is 5.75 Å². The smallest absolute Gasteiger partial charge is 0.137 e. The van der Waals surface area contributed by atoms with E-state index < -0.39 is 0 Å². The van der Waals surface area contributed by atoms with Gasteiger partial charge in [0.15, 0.2) is 0 Å². The molecule has 18 heavy (non-hydrogen) atoms. The molecule has 1 unspecified atom stereocenters. The van der Waals surface area contributed by atoms with Gasteiger partial charge in [-0.3, -0.25) is 0 Å². The molecule has 0 bridgehead atoms. The maximum Gasteiger partial charge on any atom is 0.137 e. The largest absolute Gasteiger partial charge is 0.506 e. The van der Waals surface area contributed by atoms with Gasteiger partial charge in [-0.1, -0.05) is 24.9 Å². The molecule has 0 radical (unpaired) electrons. The summed E-state index contributed by atoms with van der Waals surface area (Å²) >= 11 is 6.17. The van der Waals surface area contributed by atoms with Gasteiger partial charge in [-0.2, -0.15) is 0 Å². The highest BCUT2D eigenvalue weighted by Crippen LogP contribution is 2.40. The molecule has 100 valence electrons. The summed E-state index contributed by atoms with van der Waals surface area (Å²) in [7, 11) is 0. The predicted molar refractivity (Wildman–Crippen MR) is 76.5 cm³/mol. The van der Waals surface area contributed by atoms with Crippen LogP contribution in [0.4, 0.5) is 0 Å². The molecule has 0 aliphatic heterocycles. The number of fused-ring (bicyclic) bond motifs is 1. The lowest BCUT2D eigenvalue weighted by Crippen LogP contribution is -2.08. The Labute approximate surface area is 114 Å². The van der Waals surface area contributed by atoms with E-state index in [-0.39, 0.29) is 11.7 Å². The number of phenols is 1. The highest BCUT2D eigenvalue weighted by atomic mass is 35.5. The normalized spacial score (nSPS) is 17.1. The Balaban J connectivity index is 2.50. The molecule has 0 aromatic heterocycles. The Bertz CT molecular complexity index is 431. The zero-order valence-corrected chi connectivity index (χ0v) is 11.8. The lowest BCUT2D eigenvalue weighted by Gasteiger charge is -2.20. The van der Waals surface area contributed by atoms with Gasteiger partial charge in [-0.25, -0.2) is 0 Å². The van der Waals surface area contributed by atoms with Crippen LogP contribution in [0.3, 0.4) is 0 Å². The van der Waals surface area contributed by atoms with E-state index in [1.807, 2.05) is 6.07 Å². The number of phenolic OH excluding ortho intramolecular Hbond substituents is 1. The van der Waals surface area contributed by atoms with Gasteiger partial charge in [0, 0.05) is 5.56 Å². The number of nitrogens with two attached hydrogens (primary N) is 1. The van der Waals surface area contributed by atoms with Gasteiger partial charge in [0.2, 0.25) is 0 Å². The molecule has 0 amide bonds. The average molecular weight is 268 g/mol.